The SMILES string of the molecule is Cc1nc(Nc2c(C(C)C)cccc2C(C)C)cc(C(=O)N2CCCC2)n1. The summed E-state index contributed by atoms with van der Waals surface area (Å²) in [7, 11) is 0. The first-order chi connectivity index (χ1) is 12.9. The molecule has 5 nitrogen and oxygen atoms in total. The highest BCUT2D eigenvalue weighted by Crippen LogP contribution is 2.34. The number of anilines is 2. The van der Waals surface area contributed by atoms with E-state index in [2.05, 4.69) is 61.2 Å². The number of carbonyl (C=O) groups is 1. The predicted molar refractivity (Wildman–Crippen MR) is 110 cm³/mol. The molecule has 0 bridgehead atoms. The van der Waals surface area contributed by atoms with Gasteiger partial charge in [0.15, 0.2) is 0 Å². The number of aryl methyl sites for hydroxylation is 1. The van der Waals surface area contributed by atoms with Gasteiger partial charge in [-0.15, -0.1) is 0 Å². The average Bonchev–Trinajstić information content (AvgIpc) is 3.15. The monoisotopic (exact) mass is 366 g/mol. The van der Waals surface area contributed by atoms with Gasteiger partial charge in [0.1, 0.15) is 17.3 Å². The minimum absolute atomic E-state index is 0.00211. The summed E-state index contributed by atoms with van der Waals surface area (Å²) in [5, 5.41) is 3.51. The zero-order valence-corrected chi connectivity index (χ0v) is 17.0. The van der Waals surface area contributed by atoms with Crippen molar-refractivity contribution < 1.29 is 4.79 Å². The number of nitrogens with zero attached hydrogens (tertiary/aromatic N) is 3. The molecule has 0 saturated carbocycles. The summed E-state index contributed by atoms with van der Waals surface area (Å²) in [6, 6.07) is 8.21. The largest absolute Gasteiger partial charge is 0.340 e. The highest BCUT2D eigenvalue weighted by molar-refractivity contribution is 5.93. The van der Waals surface area contributed by atoms with Crippen LogP contribution in [0, 0.1) is 6.92 Å². The molecule has 1 aliphatic heterocycles. The smallest absolute Gasteiger partial charge is 0.272 e. The van der Waals surface area contributed by atoms with E-state index in [-0.39, 0.29) is 5.91 Å². The molecule has 1 fully saturated rings. The number of amides is 1. The zero-order valence-electron chi connectivity index (χ0n) is 17.0. The Bertz CT molecular complexity index is 797. The third-order valence-corrected chi connectivity index (χ3v) is 5.08. The molecule has 1 aliphatic rings. The fourth-order valence-electron chi connectivity index (χ4n) is 3.65. The maximum Gasteiger partial charge on any atom is 0.272 e. The summed E-state index contributed by atoms with van der Waals surface area (Å²) < 4.78 is 0. The van der Waals surface area contributed by atoms with Crippen LogP contribution in [-0.4, -0.2) is 33.9 Å². The van der Waals surface area contributed by atoms with Gasteiger partial charge in [-0.1, -0.05) is 45.9 Å². The Hall–Kier alpha value is -2.43. The van der Waals surface area contributed by atoms with Crippen LogP contribution in [0.25, 0.3) is 0 Å². The molecular formula is C22H30N4O. The molecule has 0 radical (unpaired) electrons. The van der Waals surface area contributed by atoms with Crippen molar-refractivity contribution in [3.63, 3.8) is 0 Å². The lowest BCUT2D eigenvalue weighted by Crippen LogP contribution is -2.28. The lowest BCUT2D eigenvalue weighted by molar-refractivity contribution is 0.0786. The van der Waals surface area contributed by atoms with Crippen molar-refractivity contribution in [1.82, 2.24) is 14.9 Å². The highest BCUT2D eigenvalue weighted by atomic mass is 16.2. The number of rotatable bonds is 5. The summed E-state index contributed by atoms with van der Waals surface area (Å²) in [4.78, 5) is 23.6. The maximum absolute atomic E-state index is 12.8. The minimum Gasteiger partial charge on any atom is -0.340 e. The van der Waals surface area contributed by atoms with Crippen LogP contribution < -0.4 is 5.32 Å². The van der Waals surface area contributed by atoms with E-state index >= 15 is 0 Å². The average molecular weight is 367 g/mol. The van der Waals surface area contributed by atoms with Gasteiger partial charge in [-0.25, -0.2) is 9.97 Å². The van der Waals surface area contributed by atoms with Crippen LogP contribution in [0.15, 0.2) is 24.3 Å². The van der Waals surface area contributed by atoms with Gasteiger partial charge in [-0.3, -0.25) is 4.79 Å². The molecule has 27 heavy (non-hydrogen) atoms. The van der Waals surface area contributed by atoms with Crippen molar-refractivity contribution in [1.29, 1.82) is 0 Å². The molecule has 0 aliphatic carbocycles. The van der Waals surface area contributed by atoms with Crippen LogP contribution in [0.4, 0.5) is 11.5 Å². The first-order valence-corrected chi connectivity index (χ1v) is 9.91. The number of benzene rings is 1. The van der Waals surface area contributed by atoms with E-state index in [4.69, 9.17) is 0 Å². The molecule has 0 atom stereocenters. The molecule has 1 amide bonds. The second kappa shape index (κ2) is 8.07. The first-order valence-electron chi connectivity index (χ1n) is 9.91. The third-order valence-electron chi connectivity index (χ3n) is 5.08. The molecule has 1 aromatic carbocycles. The summed E-state index contributed by atoms with van der Waals surface area (Å²) in [6.45, 7) is 12.2. The minimum atomic E-state index is 0.00211. The molecule has 1 aromatic heterocycles. The van der Waals surface area contributed by atoms with E-state index in [1.807, 2.05) is 11.8 Å². The summed E-state index contributed by atoms with van der Waals surface area (Å²) >= 11 is 0. The fraction of sp³-hybridized carbons (Fsp3) is 0.500. The Balaban J connectivity index is 1.97. The molecule has 2 aromatic rings. The molecule has 144 valence electrons. The lowest BCUT2D eigenvalue weighted by atomic mass is 9.92. The fourth-order valence-corrected chi connectivity index (χ4v) is 3.65. The zero-order chi connectivity index (χ0) is 19.6. The van der Waals surface area contributed by atoms with Crippen LogP contribution in [0.3, 0.4) is 0 Å². The van der Waals surface area contributed by atoms with Crippen LogP contribution in [-0.2, 0) is 0 Å². The summed E-state index contributed by atoms with van der Waals surface area (Å²) in [5.74, 6) is 2.07. The summed E-state index contributed by atoms with van der Waals surface area (Å²) in [6.07, 6.45) is 2.14. The molecule has 3 rings (SSSR count). The number of aromatic nitrogens is 2. The molecule has 1 saturated heterocycles. The van der Waals surface area contributed by atoms with E-state index in [0.717, 1.165) is 31.6 Å². The normalized spacial score (nSPS) is 14.3. The number of nitrogens with one attached hydrogen (secondary N) is 1. The molecule has 5 heteroatoms. The second-order valence-electron chi connectivity index (χ2n) is 7.93. The van der Waals surface area contributed by atoms with Gasteiger partial charge in [-0.2, -0.15) is 0 Å². The number of hydrogen-bond donors (Lipinski definition) is 1. The predicted octanol–water partition coefficient (Wildman–Crippen LogP) is 5.01. The van der Waals surface area contributed by atoms with Gasteiger partial charge < -0.3 is 10.2 Å². The quantitative estimate of drug-likeness (QED) is 0.808. The van der Waals surface area contributed by atoms with Crippen LogP contribution in [0.1, 0.15) is 79.8 Å². The maximum atomic E-state index is 12.8. The Morgan fingerprint density at radius 1 is 1.04 bits per heavy atom. The van der Waals surface area contributed by atoms with Gasteiger partial charge in [0.25, 0.3) is 5.91 Å². The lowest BCUT2D eigenvalue weighted by Gasteiger charge is -2.21. The first kappa shape index (κ1) is 19.3. The second-order valence-corrected chi connectivity index (χ2v) is 7.93. The number of para-hydroxylation sites is 1. The molecule has 0 spiro atoms. The van der Waals surface area contributed by atoms with E-state index in [1.54, 1.807) is 6.07 Å². The number of carbonyl (C=O) groups excluding carboxylic acids is 1. The van der Waals surface area contributed by atoms with Gasteiger partial charge in [0.05, 0.1) is 0 Å². The van der Waals surface area contributed by atoms with Gasteiger partial charge in [0.2, 0.25) is 0 Å². The van der Waals surface area contributed by atoms with Crippen molar-refractivity contribution >= 4 is 17.4 Å². The van der Waals surface area contributed by atoms with E-state index in [0.29, 0.717) is 29.2 Å². The van der Waals surface area contributed by atoms with Gasteiger partial charge >= 0.3 is 0 Å². The van der Waals surface area contributed by atoms with E-state index < -0.39 is 0 Å². The van der Waals surface area contributed by atoms with Crippen LogP contribution in [0.2, 0.25) is 0 Å². The van der Waals surface area contributed by atoms with Crippen molar-refractivity contribution in [3.05, 3.63) is 46.9 Å². The van der Waals surface area contributed by atoms with Crippen molar-refractivity contribution in [3.8, 4) is 0 Å². The standard InChI is InChI=1S/C22H30N4O/c1-14(2)17-9-8-10-18(15(3)4)21(17)25-20-13-19(23-16(5)24-20)22(27)26-11-6-7-12-26/h8-10,13-15H,6-7,11-12H2,1-5H3,(H,23,24,25). The Kier molecular flexibility index (Phi) is 5.78. The summed E-state index contributed by atoms with van der Waals surface area (Å²) in [5.41, 5.74) is 4.08. The molecular weight excluding hydrogens is 336 g/mol. The van der Waals surface area contributed by atoms with Crippen LogP contribution >= 0.6 is 0 Å². The topological polar surface area (TPSA) is 58.1 Å². The van der Waals surface area contributed by atoms with Crippen LogP contribution in [0.5, 0.6) is 0 Å². The highest BCUT2D eigenvalue weighted by Gasteiger charge is 2.22. The number of likely N-dealkylation sites (tertiary alicyclic amines) is 1. The Labute approximate surface area is 162 Å². The van der Waals surface area contributed by atoms with Crippen molar-refractivity contribution in [2.45, 2.75) is 59.3 Å². The number of hydrogen-bond acceptors (Lipinski definition) is 4. The molecule has 0 unspecified atom stereocenters. The van der Waals surface area contributed by atoms with Gasteiger partial charge in [-0.05, 0) is 42.7 Å². The Morgan fingerprint density at radius 3 is 2.19 bits per heavy atom. The van der Waals surface area contributed by atoms with E-state index in [1.165, 1.54) is 11.1 Å². The van der Waals surface area contributed by atoms with E-state index in [9.17, 15) is 4.79 Å². The Morgan fingerprint density at radius 2 is 1.63 bits per heavy atom. The molecule has 1 N–H and O–H groups in total. The third kappa shape index (κ3) is 4.29. The van der Waals surface area contributed by atoms with Crippen molar-refractivity contribution in [2.75, 3.05) is 18.4 Å². The molecule has 2 heterocycles. The van der Waals surface area contributed by atoms with Gasteiger partial charge in [0, 0.05) is 24.8 Å². The van der Waals surface area contributed by atoms with Crippen molar-refractivity contribution in [2.24, 2.45) is 0 Å².